The van der Waals surface area contributed by atoms with Crippen molar-refractivity contribution >= 4 is 0 Å². The van der Waals surface area contributed by atoms with Gasteiger partial charge in [-0.1, -0.05) is 0 Å². The molecule has 13 heavy (non-hydrogen) atoms. The van der Waals surface area contributed by atoms with E-state index in [-0.39, 0.29) is 6.04 Å². The van der Waals surface area contributed by atoms with E-state index in [0.29, 0.717) is 6.61 Å². The van der Waals surface area contributed by atoms with E-state index in [9.17, 15) is 0 Å². The van der Waals surface area contributed by atoms with Crippen LogP contribution >= 0.6 is 0 Å². The van der Waals surface area contributed by atoms with Crippen molar-refractivity contribution in [2.75, 3.05) is 20.8 Å². The van der Waals surface area contributed by atoms with Gasteiger partial charge in [-0.05, 0) is 6.08 Å². The fourth-order valence-electron chi connectivity index (χ4n) is 1.32. The van der Waals surface area contributed by atoms with Crippen molar-refractivity contribution in [1.82, 2.24) is 5.43 Å². The van der Waals surface area contributed by atoms with Gasteiger partial charge in [-0.15, -0.1) is 0 Å². The fourth-order valence-corrected chi connectivity index (χ4v) is 1.32. The lowest BCUT2D eigenvalue weighted by atomic mass is 10.2. The summed E-state index contributed by atoms with van der Waals surface area (Å²) < 4.78 is 15.5. The van der Waals surface area contributed by atoms with Gasteiger partial charge >= 0.3 is 0 Å². The Morgan fingerprint density at radius 2 is 2.23 bits per heavy atom. The predicted octanol–water partition coefficient (Wildman–Crippen LogP) is -0.259. The lowest BCUT2D eigenvalue weighted by Crippen LogP contribution is -2.47. The van der Waals surface area contributed by atoms with E-state index in [1.54, 1.807) is 14.2 Å². The number of methoxy groups -OCH3 is 2. The topological polar surface area (TPSA) is 65.7 Å². The molecule has 0 aromatic rings. The van der Waals surface area contributed by atoms with Gasteiger partial charge in [-0.3, -0.25) is 5.84 Å². The van der Waals surface area contributed by atoms with Crippen LogP contribution in [-0.2, 0) is 14.2 Å². The summed E-state index contributed by atoms with van der Waals surface area (Å²) in [6.45, 7) is 0.702. The summed E-state index contributed by atoms with van der Waals surface area (Å²) in [7, 11) is 3.13. The van der Waals surface area contributed by atoms with Crippen LogP contribution in [0.25, 0.3) is 0 Å². The number of ether oxygens (including phenoxy) is 3. The van der Waals surface area contributed by atoms with Crippen LogP contribution in [-0.4, -0.2) is 33.2 Å². The second-order valence-corrected chi connectivity index (χ2v) is 2.73. The molecule has 1 atom stereocenters. The van der Waals surface area contributed by atoms with Crippen molar-refractivity contribution in [2.45, 2.75) is 18.8 Å². The van der Waals surface area contributed by atoms with Crippen LogP contribution in [0.5, 0.6) is 0 Å². The minimum absolute atomic E-state index is 0.238. The molecule has 1 rings (SSSR count). The summed E-state index contributed by atoms with van der Waals surface area (Å²) in [6, 6.07) is -0.238. The summed E-state index contributed by atoms with van der Waals surface area (Å²) in [6.07, 6.45) is 2.47. The number of nitrogens with one attached hydrogen (secondary N) is 1. The van der Waals surface area contributed by atoms with E-state index in [1.165, 1.54) is 0 Å². The molecule has 0 aromatic heterocycles. The van der Waals surface area contributed by atoms with Crippen LogP contribution in [0.15, 0.2) is 11.8 Å². The van der Waals surface area contributed by atoms with Crippen molar-refractivity contribution in [2.24, 2.45) is 5.84 Å². The van der Waals surface area contributed by atoms with E-state index in [4.69, 9.17) is 20.1 Å². The van der Waals surface area contributed by atoms with Crippen LogP contribution in [0.3, 0.4) is 0 Å². The summed E-state index contributed by atoms with van der Waals surface area (Å²) >= 11 is 0. The van der Waals surface area contributed by atoms with E-state index in [2.05, 4.69) is 5.43 Å². The Morgan fingerprint density at radius 1 is 1.54 bits per heavy atom. The van der Waals surface area contributed by atoms with Crippen LogP contribution in [0, 0.1) is 0 Å². The number of hydrogen-bond acceptors (Lipinski definition) is 5. The maximum Gasteiger partial charge on any atom is 0.180 e. The first kappa shape index (κ1) is 10.5. The molecule has 1 unspecified atom stereocenters. The molecule has 1 heterocycles. The molecule has 0 aliphatic carbocycles. The lowest BCUT2D eigenvalue weighted by Gasteiger charge is -2.24. The molecular weight excluding hydrogens is 172 g/mol. The highest BCUT2D eigenvalue weighted by Gasteiger charge is 2.26. The zero-order chi connectivity index (χ0) is 9.68. The Balaban J connectivity index is 2.59. The summed E-state index contributed by atoms with van der Waals surface area (Å²) in [4.78, 5) is 0. The Hall–Kier alpha value is -0.620. The standard InChI is InChI=1S/C8H16N2O3/c1-11-8(12-2)7(10-9)6-4-3-5-13-6/h4,7-8,10H,3,5,9H2,1-2H3. The highest BCUT2D eigenvalue weighted by Crippen LogP contribution is 2.17. The van der Waals surface area contributed by atoms with Gasteiger partial charge in [0.2, 0.25) is 0 Å². The Bertz CT molecular complexity index is 180. The van der Waals surface area contributed by atoms with Gasteiger partial charge < -0.3 is 14.2 Å². The van der Waals surface area contributed by atoms with E-state index >= 15 is 0 Å². The summed E-state index contributed by atoms with van der Waals surface area (Å²) in [5, 5.41) is 0. The first-order chi connectivity index (χ1) is 6.33. The number of hydrazine groups is 1. The van der Waals surface area contributed by atoms with Gasteiger partial charge in [0.15, 0.2) is 6.29 Å². The summed E-state index contributed by atoms with van der Waals surface area (Å²) in [5.41, 5.74) is 2.60. The van der Waals surface area contributed by atoms with Crippen LogP contribution < -0.4 is 11.3 Å². The molecule has 76 valence electrons. The second-order valence-electron chi connectivity index (χ2n) is 2.73. The molecule has 0 bridgehead atoms. The Morgan fingerprint density at radius 3 is 2.62 bits per heavy atom. The van der Waals surface area contributed by atoms with Crippen molar-refractivity contribution in [3.05, 3.63) is 11.8 Å². The lowest BCUT2D eigenvalue weighted by molar-refractivity contribution is -0.122. The van der Waals surface area contributed by atoms with E-state index in [1.807, 2.05) is 6.08 Å². The fraction of sp³-hybridized carbons (Fsp3) is 0.750. The van der Waals surface area contributed by atoms with Crippen LogP contribution in [0.4, 0.5) is 0 Å². The summed E-state index contributed by atoms with van der Waals surface area (Å²) in [5.74, 6) is 6.16. The van der Waals surface area contributed by atoms with E-state index in [0.717, 1.165) is 12.2 Å². The van der Waals surface area contributed by atoms with Crippen molar-refractivity contribution in [3.8, 4) is 0 Å². The largest absolute Gasteiger partial charge is 0.496 e. The molecule has 0 spiro atoms. The highest BCUT2D eigenvalue weighted by molar-refractivity contribution is 5.07. The van der Waals surface area contributed by atoms with Crippen LogP contribution in [0.1, 0.15) is 6.42 Å². The second kappa shape index (κ2) is 5.18. The molecule has 0 radical (unpaired) electrons. The smallest absolute Gasteiger partial charge is 0.180 e. The highest BCUT2D eigenvalue weighted by atomic mass is 16.7. The number of nitrogens with two attached hydrogens (primary N) is 1. The minimum Gasteiger partial charge on any atom is -0.496 e. The van der Waals surface area contributed by atoms with Crippen molar-refractivity contribution < 1.29 is 14.2 Å². The molecule has 0 saturated heterocycles. The average Bonchev–Trinajstić information content (AvgIpc) is 2.66. The normalized spacial score (nSPS) is 18.6. The molecule has 5 nitrogen and oxygen atoms in total. The first-order valence-corrected chi connectivity index (χ1v) is 4.18. The third-order valence-corrected chi connectivity index (χ3v) is 1.95. The average molecular weight is 188 g/mol. The molecule has 0 fully saturated rings. The van der Waals surface area contributed by atoms with Gasteiger partial charge in [0.05, 0.1) is 6.61 Å². The molecule has 3 N–H and O–H groups in total. The molecule has 0 amide bonds. The van der Waals surface area contributed by atoms with Crippen molar-refractivity contribution in [1.29, 1.82) is 0 Å². The molecule has 5 heteroatoms. The van der Waals surface area contributed by atoms with Gasteiger partial charge in [-0.25, -0.2) is 5.43 Å². The van der Waals surface area contributed by atoms with Gasteiger partial charge in [0.25, 0.3) is 0 Å². The first-order valence-electron chi connectivity index (χ1n) is 4.18. The van der Waals surface area contributed by atoms with Gasteiger partial charge in [-0.2, -0.15) is 0 Å². The number of rotatable bonds is 5. The Kier molecular flexibility index (Phi) is 4.17. The van der Waals surface area contributed by atoms with E-state index < -0.39 is 6.29 Å². The third kappa shape index (κ3) is 2.41. The zero-order valence-corrected chi connectivity index (χ0v) is 7.95. The van der Waals surface area contributed by atoms with Gasteiger partial charge in [0, 0.05) is 20.6 Å². The molecule has 1 aliphatic rings. The van der Waals surface area contributed by atoms with Crippen molar-refractivity contribution in [3.63, 3.8) is 0 Å². The molecule has 0 saturated carbocycles. The zero-order valence-electron chi connectivity index (χ0n) is 7.95. The minimum atomic E-state index is -0.422. The molecular formula is C8H16N2O3. The Labute approximate surface area is 77.8 Å². The van der Waals surface area contributed by atoms with Gasteiger partial charge in [0.1, 0.15) is 11.8 Å². The maximum atomic E-state index is 5.37. The van der Waals surface area contributed by atoms with Crippen LogP contribution in [0.2, 0.25) is 0 Å². The molecule has 1 aliphatic heterocycles. The molecule has 0 aromatic carbocycles. The monoisotopic (exact) mass is 188 g/mol. The predicted molar refractivity (Wildman–Crippen MR) is 47.6 cm³/mol. The number of hydrogen-bond donors (Lipinski definition) is 2. The third-order valence-electron chi connectivity index (χ3n) is 1.95. The maximum absolute atomic E-state index is 5.37. The SMILES string of the molecule is COC(OC)C(NN)C1=CCCO1. The quantitative estimate of drug-likeness (QED) is 0.353.